The monoisotopic (exact) mass is 339 g/mol. The number of ketones is 1. The lowest BCUT2D eigenvalue weighted by Crippen LogP contribution is -2.37. The molecule has 0 aromatic heterocycles. The van der Waals surface area contributed by atoms with Gasteiger partial charge in [0.05, 0.1) is 18.4 Å². The van der Waals surface area contributed by atoms with Gasteiger partial charge in [0.15, 0.2) is 0 Å². The van der Waals surface area contributed by atoms with E-state index in [1.54, 1.807) is 13.0 Å². The Hall–Kier alpha value is -1.69. The molecule has 1 aromatic rings. The zero-order valence-corrected chi connectivity index (χ0v) is 13.0. The molecule has 20 heavy (non-hydrogen) atoms. The highest BCUT2D eigenvalue weighted by molar-refractivity contribution is 9.10. The first kappa shape index (κ1) is 14.7. The standard InChI is InChI=1S/C14H14BrNO4/c1-7-4-8(2)11-10(5-7)16(13(18)12(11)17)6-9(15)14(19)20-3/h4-5,9H,6H2,1-3H3. The van der Waals surface area contributed by atoms with Crippen molar-refractivity contribution in [2.24, 2.45) is 0 Å². The maximum absolute atomic E-state index is 12.1. The first-order valence-corrected chi connectivity index (χ1v) is 6.97. The van der Waals surface area contributed by atoms with Gasteiger partial charge in [0, 0.05) is 6.54 Å². The molecule has 0 radical (unpaired) electrons. The second kappa shape index (κ2) is 5.36. The number of rotatable bonds is 3. The Labute approximate surface area is 125 Å². The normalized spacial score (nSPS) is 15.3. The highest BCUT2D eigenvalue weighted by Crippen LogP contribution is 2.33. The average Bonchev–Trinajstić information content (AvgIpc) is 2.62. The van der Waals surface area contributed by atoms with Crippen LogP contribution in [0.4, 0.5) is 5.69 Å². The Kier molecular flexibility index (Phi) is 3.94. The number of anilines is 1. The van der Waals surface area contributed by atoms with E-state index in [-0.39, 0.29) is 6.54 Å². The van der Waals surface area contributed by atoms with Gasteiger partial charge in [-0.1, -0.05) is 22.0 Å². The number of carbonyl (C=O) groups excluding carboxylic acids is 3. The topological polar surface area (TPSA) is 63.7 Å². The number of hydrogen-bond donors (Lipinski definition) is 0. The van der Waals surface area contributed by atoms with Crippen molar-refractivity contribution in [2.45, 2.75) is 18.7 Å². The molecule has 1 aliphatic heterocycles. The smallest absolute Gasteiger partial charge is 0.321 e. The minimum atomic E-state index is -0.670. The number of hydrogen-bond acceptors (Lipinski definition) is 4. The van der Waals surface area contributed by atoms with Crippen molar-refractivity contribution in [3.63, 3.8) is 0 Å². The Bertz CT molecular complexity index is 611. The first-order valence-electron chi connectivity index (χ1n) is 6.06. The number of aryl methyl sites for hydroxylation is 2. The molecule has 0 spiro atoms. The maximum Gasteiger partial charge on any atom is 0.321 e. The largest absolute Gasteiger partial charge is 0.468 e. The number of benzene rings is 1. The fourth-order valence-corrected chi connectivity index (χ4v) is 2.81. The molecule has 6 heteroatoms. The van der Waals surface area contributed by atoms with E-state index in [1.165, 1.54) is 12.0 Å². The molecule has 0 aliphatic carbocycles. The molecular formula is C14H14BrNO4. The van der Waals surface area contributed by atoms with E-state index in [4.69, 9.17) is 0 Å². The van der Waals surface area contributed by atoms with Gasteiger partial charge in [-0.2, -0.15) is 0 Å². The summed E-state index contributed by atoms with van der Waals surface area (Å²) in [6.45, 7) is 3.75. The third kappa shape index (κ3) is 2.35. The summed E-state index contributed by atoms with van der Waals surface area (Å²) < 4.78 is 4.61. The summed E-state index contributed by atoms with van der Waals surface area (Å²) in [7, 11) is 1.27. The Morgan fingerprint density at radius 1 is 1.35 bits per heavy atom. The van der Waals surface area contributed by atoms with E-state index in [0.717, 1.165) is 11.1 Å². The van der Waals surface area contributed by atoms with Crippen LogP contribution in [0.25, 0.3) is 0 Å². The van der Waals surface area contributed by atoms with Crippen LogP contribution >= 0.6 is 15.9 Å². The minimum Gasteiger partial charge on any atom is -0.468 e. The lowest BCUT2D eigenvalue weighted by molar-refractivity contribution is -0.139. The van der Waals surface area contributed by atoms with Crippen molar-refractivity contribution in [3.05, 3.63) is 28.8 Å². The summed E-state index contributed by atoms with van der Waals surface area (Å²) in [4.78, 5) is 36.2. The molecule has 0 saturated heterocycles. The first-order chi connectivity index (χ1) is 9.36. The fourth-order valence-electron chi connectivity index (χ4n) is 2.34. The van der Waals surface area contributed by atoms with E-state index in [9.17, 15) is 14.4 Å². The van der Waals surface area contributed by atoms with E-state index in [1.807, 2.05) is 13.0 Å². The molecule has 106 valence electrons. The molecule has 0 fully saturated rings. The number of nitrogens with zero attached hydrogens (tertiary/aromatic N) is 1. The Balaban J connectivity index is 2.41. The number of amides is 1. The molecule has 0 bridgehead atoms. The molecule has 2 rings (SSSR count). The van der Waals surface area contributed by atoms with Crippen LogP contribution in [0.15, 0.2) is 12.1 Å². The van der Waals surface area contributed by atoms with Gasteiger partial charge in [-0.3, -0.25) is 14.4 Å². The van der Waals surface area contributed by atoms with Crippen LogP contribution in [0.1, 0.15) is 21.5 Å². The van der Waals surface area contributed by atoms with E-state index < -0.39 is 22.5 Å². The zero-order valence-electron chi connectivity index (χ0n) is 11.4. The molecular weight excluding hydrogens is 326 g/mol. The van der Waals surface area contributed by atoms with Gasteiger partial charge < -0.3 is 9.64 Å². The summed E-state index contributed by atoms with van der Waals surface area (Å²) in [6.07, 6.45) is 0. The van der Waals surface area contributed by atoms with E-state index >= 15 is 0 Å². The number of esters is 1. The molecule has 1 atom stereocenters. The zero-order chi connectivity index (χ0) is 15.0. The summed E-state index contributed by atoms with van der Waals surface area (Å²) in [5.41, 5.74) is 2.71. The maximum atomic E-state index is 12.1. The van der Waals surface area contributed by atoms with Crippen LogP contribution in [0.2, 0.25) is 0 Å². The van der Waals surface area contributed by atoms with Crippen LogP contribution in [-0.2, 0) is 14.3 Å². The van der Waals surface area contributed by atoms with Gasteiger partial charge in [0.25, 0.3) is 11.7 Å². The van der Waals surface area contributed by atoms with E-state index in [0.29, 0.717) is 11.3 Å². The number of Topliss-reactive ketones (excluding diaryl/α,β-unsaturated/α-hetero) is 1. The van der Waals surface area contributed by atoms with Gasteiger partial charge in [-0.15, -0.1) is 0 Å². The number of methoxy groups -OCH3 is 1. The Morgan fingerprint density at radius 2 is 2.00 bits per heavy atom. The third-order valence-corrected chi connectivity index (χ3v) is 3.88. The summed E-state index contributed by atoms with van der Waals surface area (Å²) in [6, 6.07) is 3.64. The number of carbonyl (C=O) groups is 3. The van der Waals surface area contributed by atoms with Crippen molar-refractivity contribution < 1.29 is 19.1 Å². The quantitative estimate of drug-likeness (QED) is 0.478. The van der Waals surface area contributed by atoms with Crippen LogP contribution in [0.5, 0.6) is 0 Å². The third-order valence-electron chi connectivity index (χ3n) is 3.22. The molecule has 1 aromatic carbocycles. The van der Waals surface area contributed by atoms with Crippen LogP contribution in [0, 0.1) is 13.8 Å². The Morgan fingerprint density at radius 3 is 2.60 bits per heavy atom. The van der Waals surface area contributed by atoms with Crippen molar-refractivity contribution in [1.29, 1.82) is 0 Å². The number of alkyl halides is 1. The van der Waals surface area contributed by atoms with Crippen LogP contribution < -0.4 is 4.90 Å². The van der Waals surface area contributed by atoms with Gasteiger partial charge in [-0.25, -0.2) is 0 Å². The lowest BCUT2D eigenvalue weighted by Gasteiger charge is -2.19. The van der Waals surface area contributed by atoms with Crippen LogP contribution in [-0.4, -0.2) is 36.1 Å². The molecule has 1 unspecified atom stereocenters. The minimum absolute atomic E-state index is 0.0626. The fraction of sp³-hybridized carbons (Fsp3) is 0.357. The predicted octanol–water partition coefficient (Wildman–Crippen LogP) is 1.77. The highest BCUT2D eigenvalue weighted by Gasteiger charge is 2.38. The van der Waals surface area contributed by atoms with Gasteiger partial charge in [0.1, 0.15) is 4.83 Å². The second-order valence-electron chi connectivity index (χ2n) is 4.71. The molecule has 0 N–H and O–H groups in total. The van der Waals surface area contributed by atoms with Gasteiger partial charge in [0.2, 0.25) is 0 Å². The number of fused-ring (bicyclic) bond motifs is 1. The molecule has 1 heterocycles. The lowest BCUT2D eigenvalue weighted by atomic mass is 10.0. The van der Waals surface area contributed by atoms with Crippen molar-refractivity contribution in [1.82, 2.24) is 0 Å². The molecule has 1 aliphatic rings. The SMILES string of the molecule is COC(=O)C(Br)CN1C(=O)C(=O)c2c(C)cc(C)cc21. The average molecular weight is 340 g/mol. The van der Waals surface area contributed by atoms with E-state index in [2.05, 4.69) is 20.7 Å². The van der Waals surface area contributed by atoms with Crippen molar-refractivity contribution in [2.75, 3.05) is 18.6 Å². The summed E-state index contributed by atoms with van der Waals surface area (Å²) >= 11 is 3.17. The van der Waals surface area contributed by atoms with Crippen molar-refractivity contribution in [3.8, 4) is 0 Å². The van der Waals surface area contributed by atoms with Gasteiger partial charge >= 0.3 is 5.97 Å². The summed E-state index contributed by atoms with van der Waals surface area (Å²) in [5.74, 6) is -1.62. The highest BCUT2D eigenvalue weighted by atomic mass is 79.9. The second-order valence-corrected chi connectivity index (χ2v) is 5.82. The predicted molar refractivity (Wildman–Crippen MR) is 77.3 cm³/mol. The van der Waals surface area contributed by atoms with Gasteiger partial charge in [-0.05, 0) is 31.0 Å². The van der Waals surface area contributed by atoms with Crippen molar-refractivity contribution >= 4 is 39.3 Å². The molecule has 0 saturated carbocycles. The van der Waals surface area contributed by atoms with Crippen LogP contribution in [0.3, 0.4) is 0 Å². The number of ether oxygens (including phenoxy) is 1. The molecule has 1 amide bonds. The molecule has 5 nitrogen and oxygen atoms in total. The summed E-state index contributed by atoms with van der Waals surface area (Å²) in [5, 5.41) is 0. The number of halogens is 1.